The molecule has 0 radical (unpaired) electrons. The molecule has 0 unspecified atom stereocenters. The fourth-order valence-corrected chi connectivity index (χ4v) is 4.34. The van der Waals surface area contributed by atoms with Crippen molar-refractivity contribution in [3.05, 3.63) is 81.9 Å². The number of benzene rings is 2. The molecule has 1 aliphatic heterocycles. The molecule has 2 amide bonds. The van der Waals surface area contributed by atoms with Crippen LogP contribution in [0.4, 0.5) is 10.5 Å². The first-order valence-electron chi connectivity index (χ1n) is 12.0. The van der Waals surface area contributed by atoms with Crippen LogP contribution in [0.25, 0.3) is 0 Å². The van der Waals surface area contributed by atoms with Crippen molar-refractivity contribution >= 4 is 40.9 Å². The number of esters is 1. The molecular formula is C26H28Cl2N4O6. The molecule has 3 atom stereocenters. The van der Waals surface area contributed by atoms with Crippen LogP contribution in [-0.2, 0) is 32.2 Å². The van der Waals surface area contributed by atoms with Gasteiger partial charge in [0.2, 0.25) is 0 Å². The Morgan fingerprint density at radius 3 is 2.63 bits per heavy atom. The summed E-state index contributed by atoms with van der Waals surface area (Å²) in [5.74, 6) is -0.524. The molecule has 2 heterocycles. The fraction of sp³-hybridized carbons (Fsp3) is 0.346. The number of aliphatic hydroxyl groups excluding tert-OH is 1. The molecule has 4 rings (SSSR count). The molecule has 2 aromatic carbocycles. The highest BCUT2D eigenvalue weighted by Gasteiger charge is 2.33. The maximum atomic E-state index is 12.2. The molecule has 10 nitrogen and oxygen atoms in total. The van der Waals surface area contributed by atoms with Crippen LogP contribution in [0.15, 0.2) is 54.9 Å². The molecule has 38 heavy (non-hydrogen) atoms. The number of nitrogens with zero attached hydrogens (tertiary/aromatic N) is 2. The zero-order chi connectivity index (χ0) is 27.1. The topological polar surface area (TPSA) is 124 Å². The van der Waals surface area contributed by atoms with E-state index < -0.39 is 18.3 Å². The molecule has 1 aromatic heterocycles. The van der Waals surface area contributed by atoms with Crippen LogP contribution in [0.2, 0.25) is 10.3 Å². The van der Waals surface area contributed by atoms with Crippen LogP contribution in [0.3, 0.4) is 0 Å². The highest BCUT2D eigenvalue weighted by atomic mass is 35.5. The Bertz CT molecular complexity index is 1250. The monoisotopic (exact) mass is 562 g/mol. The molecule has 0 spiro atoms. The number of urea groups is 1. The molecule has 202 valence electrons. The van der Waals surface area contributed by atoms with Crippen molar-refractivity contribution in [2.75, 3.05) is 18.5 Å². The summed E-state index contributed by atoms with van der Waals surface area (Å²) in [4.78, 5) is 27.8. The average Bonchev–Trinajstić information content (AvgIpc) is 3.24. The number of carbonyl (C=O) groups is 2. The van der Waals surface area contributed by atoms with Gasteiger partial charge in [0, 0.05) is 17.7 Å². The third-order valence-corrected chi connectivity index (χ3v) is 6.63. The van der Waals surface area contributed by atoms with Gasteiger partial charge in [-0.05, 0) is 30.2 Å². The summed E-state index contributed by atoms with van der Waals surface area (Å²) in [6.45, 7) is 2.04. The average molecular weight is 563 g/mol. The van der Waals surface area contributed by atoms with E-state index in [-0.39, 0.29) is 37.1 Å². The molecule has 1 fully saturated rings. The summed E-state index contributed by atoms with van der Waals surface area (Å²) in [6.07, 6.45) is 0.730. The van der Waals surface area contributed by atoms with E-state index >= 15 is 0 Å². The number of ether oxygens (including phenoxy) is 3. The SMILES string of the molecule is CCOC(=O)CNC(=O)Nc1cccc([C@H]2O[C@@H](Cn3cnc(Cl)c3Cl)C[C@@H](c3ccc(CO)cc3)O2)c1. The molecular weight excluding hydrogens is 535 g/mol. The first kappa shape index (κ1) is 27.9. The summed E-state index contributed by atoms with van der Waals surface area (Å²) in [7, 11) is 0. The molecule has 0 saturated carbocycles. The van der Waals surface area contributed by atoms with Gasteiger partial charge in [0.1, 0.15) is 11.7 Å². The largest absolute Gasteiger partial charge is 0.465 e. The molecule has 1 aliphatic rings. The minimum Gasteiger partial charge on any atom is -0.465 e. The minimum atomic E-state index is -0.751. The molecule has 0 bridgehead atoms. The van der Waals surface area contributed by atoms with Crippen LogP contribution >= 0.6 is 23.2 Å². The second-order valence-electron chi connectivity index (χ2n) is 8.57. The second kappa shape index (κ2) is 13.1. The first-order valence-corrected chi connectivity index (χ1v) is 12.8. The van der Waals surface area contributed by atoms with Gasteiger partial charge in [0.05, 0.1) is 38.3 Å². The number of rotatable bonds is 9. The summed E-state index contributed by atoms with van der Waals surface area (Å²) in [5.41, 5.74) is 2.91. The lowest BCUT2D eigenvalue weighted by Crippen LogP contribution is -2.34. The van der Waals surface area contributed by atoms with E-state index in [1.165, 1.54) is 0 Å². The third-order valence-electron chi connectivity index (χ3n) is 5.86. The van der Waals surface area contributed by atoms with E-state index in [1.54, 1.807) is 36.0 Å². The Labute approximate surface area is 229 Å². The van der Waals surface area contributed by atoms with Crippen molar-refractivity contribution in [2.24, 2.45) is 0 Å². The van der Waals surface area contributed by atoms with E-state index in [1.807, 2.05) is 30.3 Å². The summed E-state index contributed by atoms with van der Waals surface area (Å²) >= 11 is 12.3. The second-order valence-corrected chi connectivity index (χ2v) is 9.28. The number of halogens is 2. The van der Waals surface area contributed by atoms with Gasteiger partial charge in [-0.25, -0.2) is 9.78 Å². The van der Waals surface area contributed by atoms with Crippen LogP contribution in [0, 0.1) is 0 Å². The number of amides is 2. The van der Waals surface area contributed by atoms with Crippen molar-refractivity contribution in [1.29, 1.82) is 0 Å². The predicted molar refractivity (Wildman–Crippen MR) is 141 cm³/mol. The van der Waals surface area contributed by atoms with E-state index in [9.17, 15) is 14.7 Å². The van der Waals surface area contributed by atoms with E-state index in [2.05, 4.69) is 15.6 Å². The van der Waals surface area contributed by atoms with Crippen LogP contribution in [-0.4, -0.2) is 45.9 Å². The van der Waals surface area contributed by atoms with Gasteiger partial charge in [-0.1, -0.05) is 59.6 Å². The van der Waals surface area contributed by atoms with Gasteiger partial charge >= 0.3 is 12.0 Å². The van der Waals surface area contributed by atoms with E-state index in [0.717, 1.165) is 11.1 Å². The zero-order valence-corrected chi connectivity index (χ0v) is 22.1. The van der Waals surface area contributed by atoms with Gasteiger partial charge < -0.3 is 34.5 Å². The smallest absolute Gasteiger partial charge is 0.325 e. The maximum Gasteiger partial charge on any atom is 0.325 e. The van der Waals surface area contributed by atoms with Gasteiger partial charge in [0.25, 0.3) is 0 Å². The van der Waals surface area contributed by atoms with Gasteiger partial charge in [-0.3, -0.25) is 4.79 Å². The van der Waals surface area contributed by atoms with Crippen molar-refractivity contribution in [3.8, 4) is 0 Å². The first-order chi connectivity index (χ1) is 18.4. The number of nitrogens with one attached hydrogen (secondary N) is 2. The van der Waals surface area contributed by atoms with Gasteiger partial charge in [-0.15, -0.1) is 0 Å². The van der Waals surface area contributed by atoms with Gasteiger partial charge in [-0.2, -0.15) is 0 Å². The number of carbonyl (C=O) groups excluding carboxylic acids is 2. The van der Waals surface area contributed by atoms with Crippen LogP contribution < -0.4 is 10.6 Å². The Hall–Kier alpha value is -3.15. The van der Waals surface area contributed by atoms with Crippen molar-refractivity contribution in [2.45, 2.75) is 45.0 Å². The number of aromatic nitrogens is 2. The normalized spacial score (nSPS) is 19.1. The molecule has 12 heteroatoms. The Kier molecular flexibility index (Phi) is 9.59. The van der Waals surface area contributed by atoms with Crippen molar-refractivity contribution in [1.82, 2.24) is 14.9 Å². The number of hydrogen-bond donors (Lipinski definition) is 3. The highest BCUT2D eigenvalue weighted by molar-refractivity contribution is 6.40. The number of aliphatic hydroxyl groups is 1. The van der Waals surface area contributed by atoms with E-state index in [4.69, 9.17) is 37.4 Å². The summed E-state index contributed by atoms with van der Waals surface area (Å²) in [5, 5.41) is 15.1. The lowest BCUT2D eigenvalue weighted by atomic mass is 10.00. The number of imidazole rings is 1. The van der Waals surface area contributed by atoms with Crippen LogP contribution in [0.1, 0.15) is 42.4 Å². The molecule has 3 N–H and O–H groups in total. The zero-order valence-electron chi connectivity index (χ0n) is 20.6. The Balaban J connectivity index is 1.51. The van der Waals surface area contributed by atoms with Gasteiger partial charge in [0.15, 0.2) is 11.4 Å². The quantitative estimate of drug-likeness (QED) is 0.325. The fourth-order valence-electron chi connectivity index (χ4n) is 4.03. The molecule has 1 saturated heterocycles. The summed E-state index contributed by atoms with van der Waals surface area (Å²) in [6, 6.07) is 14.0. The lowest BCUT2D eigenvalue weighted by molar-refractivity contribution is -0.252. The number of anilines is 1. The van der Waals surface area contributed by atoms with Crippen LogP contribution in [0.5, 0.6) is 0 Å². The minimum absolute atomic E-state index is 0.0484. The number of hydrogen-bond acceptors (Lipinski definition) is 7. The van der Waals surface area contributed by atoms with Crippen molar-refractivity contribution < 1.29 is 28.9 Å². The molecule has 0 aliphatic carbocycles. The van der Waals surface area contributed by atoms with E-state index in [0.29, 0.717) is 29.4 Å². The predicted octanol–water partition coefficient (Wildman–Crippen LogP) is 4.61. The Morgan fingerprint density at radius 1 is 1.16 bits per heavy atom. The van der Waals surface area contributed by atoms with Crippen molar-refractivity contribution in [3.63, 3.8) is 0 Å². The summed E-state index contributed by atoms with van der Waals surface area (Å²) < 4.78 is 19.2. The third kappa shape index (κ3) is 7.24. The molecule has 3 aromatic rings. The highest BCUT2D eigenvalue weighted by Crippen LogP contribution is 2.39. The lowest BCUT2D eigenvalue weighted by Gasteiger charge is -2.36. The maximum absolute atomic E-state index is 12.2. The Morgan fingerprint density at radius 2 is 1.95 bits per heavy atom. The standard InChI is InChI=1S/C26H28Cl2N4O6/c1-2-36-22(34)12-29-26(35)31-19-5-3-4-18(10-19)25-37-20(13-32-15-30-23(27)24(32)28)11-21(38-25)17-8-6-16(14-33)7-9-17/h3-10,15,20-21,25,33H,2,11-14H2,1H3,(H2,29,31,35)/t20-,21+,25+/m1/s1.